The first-order valence-corrected chi connectivity index (χ1v) is 16.5. The van der Waals surface area contributed by atoms with Gasteiger partial charge in [0.05, 0.1) is 18.8 Å². The number of morpholine rings is 1. The Hall–Kier alpha value is -2.46. The molecule has 7 heteroatoms. The minimum absolute atomic E-state index is 0.0217. The molecule has 0 aromatic carbocycles. The molecule has 5 rings (SSSR count). The van der Waals surface area contributed by atoms with Crippen LogP contribution in [-0.4, -0.2) is 54.3 Å². The molecule has 2 saturated carbocycles. The van der Waals surface area contributed by atoms with E-state index in [9.17, 15) is 19.6 Å². The lowest BCUT2D eigenvalue weighted by Crippen LogP contribution is -2.61. The molecule has 0 aromatic rings. The zero-order valence-corrected chi connectivity index (χ0v) is 27.8. The van der Waals surface area contributed by atoms with E-state index in [0.29, 0.717) is 26.3 Å². The number of ether oxygens (including phenoxy) is 1. The third kappa shape index (κ3) is 5.10. The highest BCUT2D eigenvalue weighted by atomic mass is 16.5. The van der Waals surface area contributed by atoms with Gasteiger partial charge in [0.15, 0.2) is 11.6 Å². The Balaban J connectivity index is 1.57. The number of hydrogen-bond donors (Lipinski definition) is 1. The summed E-state index contributed by atoms with van der Waals surface area (Å²) in [6.45, 7) is 19.9. The summed E-state index contributed by atoms with van der Waals surface area (Å²) in [7, 11) is 0. The minimum atomic E-state index is -0.680. The standard InChI is InChI=1S/C36H53N3O4/c1-31(2)11-9-25-26(40)21-28-34(6)22-24(23-37)29(41)32(3,4)27(34)10-12-36(28,8)35(25,7)16-15-33(5,14-13-31)38-30(42)39-17-19-43-20-18-39/h21-22,25,27H,9-20H2,1-8H3,(H,38,42)/t25?,27-,33-,34-,35+,36+/m0/s1. The van der Waals surface area contributed by atoms with Crippen molar-refractivity contribution in [1.29, 1.82) is 5.26 Å². The van der Waals surface area contributed by atoms with E-state index in [2.05, 4.69) is 52.9 Å². The van der Waals surface area contributed by atoms with E-state index in [0.717, 1.165) is 56.9 Å². The highest BCUT2D eigenvalue weighted by Gasteiger charge is 2.65. The average Bonchev–Trinajstić information content (AvgIpc) is 2.94. The number of nitrogens with zero attached hydrogens (tertiary/aromatic N) is 2. The number of Topliss-reactive ketones (excluding diaryl/α,β-unsaturated/α-hetero) is 1. The summed E-state index contributed by atoms with van der Waals surface area (Å²) in [4.78, 5) is 43.0. The summed E-state index contributed by atoms with van der Waals surface area (Å²) in [5.74, 6) is 0.0125. The smallest absolute Gasteiger partial charge is 0.317 e. The molecule has 0 radical (unpaired) electrons. The van der Waals surface area contributed by atoms with Crippen LogP contribution in [0.2, 0.25) is 0 Å². The Kier molecular flexibility index (Phi) is 7.85. The highest BCUT2D eigenvalue weighted by molar-refractivity contribution is 6.04. The van der Waals surface area contributed by atoms with Crippen molar-refractivity contribution in [3.63, 3.8) is 0 Å². The Labute approximate surface area is 258 Å². The predicted octanol–water partition coefficient (Wildman–Crippen LogP) is 6.78. The largest absolute Gasteiger partial charge is 0.378 e. The van der Waals surface area contributed by atoms with Gasteiger partial charge in [0.25, 0.3) is 0 Å². The van der Waals surface area contributed by atoms with Gasteiger partial charge in [0.2, 0.25) is 0 Å². The topological polar surface area (TPSA) is 99.5 Å². The normalized spacial score (nSPS) is 41.0. The first-order valence-electron chi connectivity index (χ1n) is 16.5. The molecule has 1 heterocycles. The molecule has 4 aliphatic carbocycles. The van der Waals surface area contributed by atoms with Gasteiger partial charge in [-0.15, -0.1) is 0 Å². The molecular formula is C36H53N3O4. The van der Waals surface area contributed by atoms with Crippen molar-refractivity contribution in [2.45, 2.75) is 112 Å². The van der Waals surface area contributed by atoms with E-state index >= 15 is 0 Å². The molecule has 0 spiro atoms. The zero-order chi connectivity index (χ0) is 31.6. The second-order valence-corrected chi connectivity index (χ2v) is 16.7. The van der Waals surface area contributed by atoms with E-state index in [-0.39, 0.29) is 51.3 Å². The van der Waals surface area contributed by atoms with Gasteiger partial charge in [-0.2, -0.15) is 5.26 Å². The molecule has 6 atom stereocenters. The van der Waals surface area contributed by atoms with Gasteiger partial charge < -0.3 is 15.0 Å². The van der Waals surface area contributed by atoms with E-state index < -0.39 is 16.4 Å². The van der Waals surface area contributed by atoms with Gasteiger partial charge >= 0.3 is 6.03 Å². The average molecular weight is 592 g/mol. The highest BCUT2D eigenvalue weighted by Crippen LogP contribution is 2.70. The number of carbonyl (C=O) groups is 3. The molecule has 43 heavy (non-hydrogen) atoms. The van der Waals surface area contributed by atoms with E-state index in [1.165, 1.54) is 0 Å². The van der Waals surface area contributed by atoms with Crippen molar-refractivity contribution < 1.29 is 19.1 Å². The number of nitrogens with one attached hydrogen (secondary N) is 1. The van der Waals surface area contributed by atoms with Crippen molar-refractivity contribution in [3.05, 3.63) is 23.3 Å². The van der Waals surface area contributed by atoms with Gasteiger partial charge in [0, 0.05) is 35.4 Å². The molecule has 3 fully saturated rings. The van der Waals surface area contributed by atoms with E-state index in [4.69, 9.17) is 4.74 Å². The number of urea groups is 1. The van der Waals surface area contributed by atoms with E-state index in [1.807, 2.05) is 30.9 Å². The first-order chi connectivity index (χ1) is 19.9. The Morgan fingerprint density at radius 1 is 0.930 bits per heavy atom. The quantitative estimate of drug-likeness (QED) is 0.362. The van der Waals surface area contributed by atoms with Crippen LogP contribution >= 0.6 is 0 Å². The molecule has 1 aliphatic heterocycles. The van der Waals surface area contributed by atoms with Crippen LogP contribution in [0.15, 0.2) is 23.3 Å². The summed E-state index contributed by atoms with van der Waals surface area (Å²) >= 11 is 0. The van der Waals surface area contributed by atoms with Crippen LogP contribution in [0.25, 0.3) is 0 Å². The molecule has 0 bridgehead atoms. The monoisotopic (exact) mass is 591 g/mol. The fourth-order valence-corrected chi connectivity index (χ4v) is 9.82. The van der Waals surface area contributed by atoms with Crippen LogP contribution < -0.4 is 5.32 Å². The minimum Gasteiger partial charge on any atom is -0.378 e. The number of allylic oxidation sites excluding steroid dienone is 4. The number of fused-ring (bicyclic) bond motifs is 5. The van der Waals surface area contributed by atoms with E-state index in [1.54, 1.807) is 0 Å². The molecular weight excluding hydrogens is 538 g/mol. The van der Waals surface area contributed by atoms with Gasteiger partial charge in [-0.3, -0.25) is 9.59 Å². The number of hydrogen-bond acceptors (Lipinski definition) is 5. The van der Waals surface area contributed by atoms with Crippen molar-refractivity contribution >= 4 is 17.6 Å². The fraction of sp³-hybridized carbons (Fsp3) is 0.778. The summed E-state index contributed by atoms with van der Waals surface area (Å²) in [5.41, 5.74) is -0.913. The molecule has 7 nitrogen and oxygen atoms in total. The fourth-order valence-electron chi connectivity index (χ4n) is 9.82. The molecule has 5 aliphatic rings. The van der Waals surface area contributed by atoms with Crippen LogP contribution in [0.3, 0.4) is 0 Å². The lowest BCUT2D eigenvalue weighted by atomic mass is 9.38. The third-order valence-electron chi connectivity index (χ3n) is 13.1. The molecule has 1 unspecified atom stereocenters. The maximum atomic E-state index is 14.3. The van der Waals surface area contributed by atoms with Crippen molar-refractivity contribution in [2.24, 2.45) is 38.9 Å². The number of nitriles is 1. The molecule has 1 N–H and O–H groups in total. The number of rotatable bonds is 1. The van der Waals surface area contributed by atoms with Crippen molar-refractivity contribution in [1.82, 2.24) is 10.2 Å². The van der Waals surface area contributed by atoms with Crippen LogP contribution in [0, 0.1) is 50.2 Å². The van der Waals surface area contributed by atoms with Crippen molar-refractivity contribution in [3.8, 4) is 6.07 Å². The number of carbonyl (C=O) groups excluding carboxylic acids is 3. The van der Waals surface area contributed by atoms with Crippen LogP contribution in [-0.2, 0) is 14.3 Å². The Morgan fingerprint density at radius 2 is 1.58 bits per heavy atom. The zero-order valence-electron chi connectivity index (χ0n) is 27.8. The number of ketones is 2. The summed E-state index contributed by atoms with van der Waals surface area (Å²) < 4.78 is 5.48. The maximum Gasteiger partial charge on any atom is 0.317 e. The Bertz CT molecular complexity index is 1300. The van der Waals surface area contributed by atoms with Gasteiger partial charge in [0.1, 0.15) is 6.07 Å². The summed E-state index contributed by atoms with van der Waals surface area (Å²) in [6, 6.07) is 2.18. The molecule has 2 amide bonds. The predicted molar refractivity (Wildman–Crippen MR) is 167 cm³/mol. The summed E-state index contributed by atoms with van der Waals surface area (Å²) in [5, 5.41) is 13.4. The second-order valence-electron chi connectivity index (χ2n) is 16.7. The molecule has 0 aromatic heterocycles. The number of amides is 2. The summed E-state index contributed by atoms with van der Waals surface area (Å²) in [6.07, 6.45) is 10.9. The Morgan fingerprint density at radius 3 is 2.23 bits per heavy atom. The molecule has 236 valence electrons. The van der Waals surface area contributed by atoms with Crippen LogP contribution in [0.5, 0.6) is 0 Å². The van der Waals surface area contributed by atoms with Crippen molar-refractivity contribution in [2.75, 3.05) is 26.3 Å². The lowest BCUT2D eigenvalue weighted by Gasteiger charge is -2.65. The second kappa shape index (κ2) is 10.6. The molecule has 1 saturated heterocycles. The van der Waals surface area contributed by atoms with Gasteiger partial charge in [-0.1, -0.05) is 60.1 Å². The van der Waals surface area contributed by atoms with Crippen LogP contribution in [0.4, 0.5) is 4.79 Å². The third-order valence-corrected chi connectivity index (χ3v) is 13.1. The van der Waals surface area contributed by atoms with Gasteiger partial charge in [-0.05, 0) is 86.5 Å². The van der Waals surface area contributed by atoms with Gasteiger partial charge in [-0.25, -0.2) is 4.79 Å². The first kappa shape index (κ1) is 31.9. The van der Waals surface area contributed by atoms with Crippen LogP contribution in [0.1, 0.15) is 107 Å². The lowest BCUT2D eigenvalue weighted by molar-refractivity contribution is -0.139. The SMILES string of the molecule is CC1(C)CCC2C(=O)C=C3[C@@]4(C)C=C(C#N)C(=O)C(C)(C)[C@@H]4CC[C@@]3(C)[C@]2(C)CC[C@@](C)(NC(=O)N2CCOCC2)CC1. The maximum absolute atomic E-state index is 14.3.